The van der Waals surface area contributed by atoms with E-state index in [1.165, 1.54) is 6.42 Å². The molecule has 0 radical (unpaired) electrons. The topological polar surface area (TPSA) is 33.1 Å². The third-order valence-electron chi connectivity index (χ3n) is 3.69. The molecule has 0 amide bonds. The monoisotopic (exact) mass is 323 g/mol. The summed E-state index contributed by atoms with van der Waals surface area (Å²) in [6.07, 6.45) is 3.33. The van der Waals surface area contributed by atoms with E-state index in [2.05, 4.69) is 33.4 Å². The van der Waals surface area contributed by atoms with Crippen LogP contribution in [0.25, 0.3) is 11.3 Å². The first-order valence-electron chi connectivity index (χ1n) is 6.06. The molecule has 1 heterocycles. The first kappa shape index (κ1) is 12.3. The first-order chi connectivity index (χ1) is 8.73. The molecule has 94 valence electrons. The van der Waals surface area contributed by atoms with Gasteiger partial charge in [-0.3, -0.25) is 0 Å². The van der Waals surface area contributed by atoms with E-state index in [1.807, 2.05) is 12.1 Å². The summed E-state index contributed by atoms with van der Waals surface area (Å²) >= 11 is 5.15. The molecule has 4 heteroatoms. The Hall–Kier alpha value is -0.710. The SMILES string of the molecule is OCC1(c2nc(-c3cccc(Br)c3)cs2)CCC1. The van der Waals surface area contributed by atoms with Crippen molar-refractivity contribution in [2.45, 2.75) is 24.7 Å². The van der Waals surface area contributed by atoms with Crippen LogP contribution in [0.15, 0.2) is 34.1 Å². The minimum atomic E-state index is -0.0467. The van der Waals surface area contributed by atoms with E-state index < -0.39 is 0 Å². The van der Waals surface area contributed by atoms with Gasteiger partial charge in [-0.1, -0.05) is 34.5 Å². The third kappa shape index (κ3) is 2.02. The molecule has 18 heavy (non-hydrogen) atoms. The highest BCUT2D eigenvalue weighted by Gasteiger charge is 2.40. The fourth-order valence-corrected chi connectivity index (χ4v) is 3.82. The Balaban J connectivity index is 1.94. The molecule has 2 aromatic rings. The van der Waals surface area contributed by atoms with Crippen LogP contribution in [-0.4, -0.2) is 16.7 Å². The Morgan fingerprint density at radius 2 is 2.22 bits per heavy atom. The molecule has 1 aliphatic carbocycles. The largest absolute Gasteiger partial charge is 0.395 e. The van der Waals surface area contributed by atoms with Crippen LogP contribution in [0, 0.1) is 0 Å². The lowest BCUT2D eigenvalue weighted by Gasteiger charge is -2.38. The van der Waals surface area contributed by atoms with Gasteiger partial charge >= 0.3 is 0 Å². The predicted molar refractivity (Wildman–Crippen MR) is 77.9 cm³/mol. The van der Waals surface area contributed by atoms with Gasteiger partial charge in [0.15, 0.2) is 0 Å². The lowest BCUT2D eigenvalue weighted by Crippen LogP contribution is -2.37. The van der Waals surface area contributed by atoms with Crippen LogP contribution in [0.1, 0.15) is 24.3 Å². The molecule has 1 N–H and O–H groups in total. The number of rotatable bonds is 3. The van der Waals surface area contributed by atoms with E-state index in [9.17, 15) is 5.11 Å². The van der Waals surface area contributed by atoms with Crippen molar-refractivity contribution in [3.8, 4) is 11.3 Å². The van der Waals surface area contributed by atoms with Crippen LogP contribution < -0.4 is 0 Å². The van der Waals surface area contributed by atoms with Crippen LogP contribution in [0.4, 0.5) is 0 Å². The molecule has 3 rings (SSSR count). The Bertz CT molecular complexity index is 557. The van der Waals surface area contributed by atoms with Gasteiger partial charge in [0.2, 0.25) is 0 Å². The highest BCUT2D eigenvalue weighted by molar-refractivity contribution is 9.10. The van der Waals surface area contributed by atoms with Crippen LogP contribution in [0.2, 0.25) is 0 Å². The molecular weight excluding hydrogens is 310 g/mol. The maximum atomic E-state index is 9.57. The number of hydrogen-bond donors (Lipinski definition) is 1. The number of hydrogen-bond acceptors (Lipinski definition) is 3. The molecule has 0 atom stereocenters. The van der Waals surface area contributed by atoms with Gasteiger partial charge in [-0.25, -0.2) is 4.98 Å². The number of halogens is 1. The van der Waals surface area contributed by atoms with Crippen molar-refractivity contribution < 1.29 is 5.11 Å². The molecule has 2 nitrogen and oxygen atoms in total. The van der Waals surface area contributed by atoms with Gasteiger partial charge in [0, 0.05) is 20.8 Å². The summed E-state index contributed by atoms with van der Waals surface area (Å²) < 4.78 is 1.06. The van der Waals surface area contributed by atoms with Crippen LogP contribution in [0.5, 0.6) is 0 Å². The quantitative estimate of drug-likeness (QED) is 0.926. The number of aliphatic hydroxyl groups is 1. The van der Waals surface area contributed by atoms with Gasteiger partial charge in [0.1, 0.15) is 5.01 Å². The van der Waals surface area contributed by atoms with E-state index in [1.54, 1.807) is 11.3 Å². The van der Waals surface area contributed by atoms with E-state index >= 15 is 0 Å². The van der Waals surface area contributed by atoms with Crippen molar-refractivity contribution in [2.75, 3.05) is 6.61 Å². The van der Waals surface area contributed by atoms with Gasteiger partial charge in [0.25, 0.3) is 0 Å². The second kappa shape index (κ2) is 4.76. The van der Waals surface area contributed by atoms with E-state index in [4.69, 9.17) is 4.98 Å². The van der Waals surface area contributed by atoms with Crippen LogP contribution >= 0.6 is 27.3 Å². The molecule has 1 aromatic heterocycles. The number of benzene rings is 1. The summed E-state index contributed by atoms with van der Waals surface area (Å²) in [5.41, 5.74) is 2.09. The molecule has 1 aliphatic rings. The summed E-state index contributed by atoms with van der Waals surface area (Å²) in [4.78, 5) is 4.72. The average molecular weight is 324 g/mol. The Morgan fingerprint density at radius 1 is 1.39 bits per heavy atom. The van der Waals surface area contributed by atoms with Gasteiger partial charge in [-0.15, -0.1) is 11.3 Å². The molecule has 0 spiro atoms. The number of nitrogens with zero attached hydrogens (tertiary/aromatic N) is 1. The fraction of sp³-hybridized carbons (Fsp3) is 0.357. The minimum absolute atomic E-state index is 0.0467. The second-order valence-corrected chi connectivity index (χ2v) is 6.61. The highest BCUT2D eigenvalue weighted by atomic mass is 79.9. The predicted octanol–water partition coefficient (Wildman–Crippen LogP) is 3.99. The number of thiazole rings is 1. The van der Waals surface area contributed by atoms with Gasteiger partial charge in [-0.2, -0.15) is 0 Å². The zero-order valence-corrected chi connectivity index (χ0v) is 12.3. The van der Waals surface area contributed by atoms with E-state index in [0.717, 1.165) is 33.6 Å². The third-order valence-corrected chi connectivity index (χ3v) is 5.27. The Kier molecular flexibility index (Phi) is 3.26. The highest BCUT2D eigenvalue weighted by Crippen LogP contribution is 2.45. The summed E-state index contributed by atoms with van der Waals surface area (Å²) in [7, 11) is 0. The van der Waals surface area contributed by atoms with Crippen molar-refractivity contribution in [2.24, 2.45) is 0 Å². The van der Waals surface area contributed by atoms with E-state index in [-0.39, 0.29) is 12.0 Å². The van der Waals surface area contributed by atoms with Crippen LogP contribution in [0.3, 0.4) is 0 Å². The van der Waals surface area contributed by atoms with Gasteiger partial charge in [0.05, 0.1) is 12.3 Å². The molecule has 1 aromatic carbocycles. The first-order valence-corrected chi connectivity index (χ1v) is 7.74. The minimum Gasteiger partial charge on any atom is -0.395 e. The molecule has 0 aliphatic heterocycles. The zero-order chi connectivity index (χ0) is 12.6. The summed E-state index contributed by atoms with van der Waals surface area (Å²) in [5, 5.41) is 12.8. The number of aliphatic hydroxyl groups excluding tert-OH is 1. The van der Waals surface area contributed by atoms with E-state index in [0.29, 0.717) is 0 Å². The normalized spacial score (nSPS) is 17.4. The molecule has 0 unspecified atom stereocenters. The van der Waals surface area contributed by atoms with Gasteiger partial charge < -0.3 is 5.11 Å². The Labute approximate surface area is 119 Å². The molecule has 1 fully saturated rings. The summed E-state index contributed by atoms with van der Waals surface area (Å²) in [5.74, 6) is 0. The van der Waals surface area contributed by atoms with Crippen molar-refractivity contribution in [1.29, 1.82) is 0 Å². The van der Waals surface area contributed by atoms with Gasteiger partial charge in [-0.05, 0) is 25.0 Å². The van der Waals surface area contributed by atoms with Crippen molar-refractivity contribution in [1.82, 2.24) is 4.98 Å². The lowest BCUT2D eigenvalue weighted by atomic mass is 9.70. The van der Waals surface area contributed by atoms with Crippen molar-refractivity contribution in [3.63, 3.8) is 0 Å². The second-order valence-electron chi connectivity index (χ2n) is 4.84. The van der Waals surface area contributed by atoms with Crippen molar-refractivity contribution in [3.05, 3.63) is 39.1 Å². The Morgan fingerprint density at radius 3 is 2.83 bits per heavy atom. The molecule has 0 bridgehead atoms. The van der Waals surface area contributed by atoms with Crippen molar-refractivity contribution >= 4 is 27.3 Å². The fourth-order valence-electron chi connectivity index (χ4n) is 2.34. The lowest BCUT2D eigenvalue weighted by molar-refractivity contribution is 0.120. The summed E-state index contributed by atoms with van der Waals surface area (Å²) in [6, 6.07) is 8.17. The van der Waals surface area contributed by atoms with Crippen LogP contribution in [-0.2, 0) is 5.41 Å². The zero-order valence-electron chi connectivity index (χ0n) is 9.90. The molecular formula is C14H14BrNOS. The average Bonchev–Trinajstić information content (AvgIpc) is 2.78. The number of aromatic nitrogens is 1. The smallest absolute Gasteiger partial charge is 0.102 e. The maximum absolute atomic E-state index is 9.57. The summed E-state index contributed by atoms with van der Waals surface area (Å²) in [6.45, 7) is 0.221. The maximum Gasteiger partial charge on any atom is 0.102 e. The standard InChI is InChI=1S/C14H14BrNOS/c15-11-4-1-3-10(7-11)12-8-18-13(16-12)14(9-17)5-2-6-14/h1,3-4,7-8,17H,2,5-6,9H2. The molecule has 0 saturated heterocycles. The molecule has 1 saturated carbocycles.